The molecule has 0 aromatic heterocycles. The summed E-state index contributed by atoms with van der Waals surface area (Å²) in [4.78, 5) is -0.679. The maximum absolute atomic E-state index is 12.9. The molecule has 1 aliphatic heterocycles. The van der Waals surface area contributed by atoms with Crippen molar-refractivity contribution >= 4 is 10.0 Å². The SMILES string of the molecule is C[C@@H]1CNCCN1S(=O)(=O)c1ccccc1C(F)(F)F. The van der Waals surface area contributed by atoms with Gasteiger partial charge in [0.1, 0.15) is 0 Å². The summed E-state index contributed by atoms with van der Waals surface area (Å²) < 4.78 is 64.9. The molecule has 4 nitrogen and oxygen atoms in total. The van der Waals surface area contributed by atoms with Gasteiger partial charge in [0.15, 0.2) is 0 Å². The molecule has 20 heavy (non-hydrogen) atoms. The largest absolute Gasteiger partial charge is 0.417 e. The molecule has 8 heteroatoms. The summed E-state index contributed by atoms with van der Waals surface area (Å²) in [6.07, 6.45) is -4.69. The first-order valence-corrected chi connectivity index (χ1v) is 7.57. The third kappa shape index (κ3) is 2.82. The molecule has 2 rings (SSSR count). The Labute approximate surface area is 115 Å². The van der Waals surface area contributed by atoms with Crippen molar-refractivity contribution < 1.29 is 21.6 Å². The van der Waals surface area contributed by atoms with E-state index in [1.807, 2.05) is 0 Å². The van der Waals surface area contributed by atoms with E-state index in [-0.39, 0.29) is 12.6 Å². The van der Waals surface area contributed by atoms with Crippen molar-refractivity contribution in [2.45, 2.75) is 24.0 Å². The zero-order valence-electron chi connectivity index (χ0n) is 10.8. The van der Waals surface area contributed by atoms with Crippen molar-refractivity contribution in [1.82, 2.24) is 9.62 Å². The second-order valence-electron chi connectivity index (χ2n) is 4.66. The predicted molar refractivity (Wildman–Crippen MR) is 67.7 cm³/mol. The number of piperazine rings is 1. The van der Waals surface area contributed by atoms with Crippen LogP contribution in [-0.2, 0) is 16.2 Å². The van der Waals surface area contributed by atoms with Gasteiger partial charge in [0.2, 0.25) is 10.0 Å². The third-order valence-corrected chi connectivity index (χ3v) is 5.29. The Balaban J connectivity index is 2.50. The molecule has 0 unspecified atom stereocenters. The monoisotopic (exact) mass is 308 g/mol. The molecule has 1 atom stereocenters. The van der Waals surface area contributed by atoms with E-state index in [0.29, 0.717) is 13.1 Å². The minimum Gasteiger partial charge on any atom is -0.314 e. The number of hydrogen-bond donors (Lipinski definition) is 1. The summed E-state index contributed by atoms with van der Waals surface area (Å²) in [5.41, 5.74) is -1.12. The number of nitrogens with one attached hydrogen (secondary N) is 1. The van der Waals surface area contributed by atoms with Crippen molar-refractivity contribution in [1.29, 1.82) is 0 Å². The van der Waals surface area contributed by atoms with Gasteiger partial charge in [0.25, 0.3) is 0 Å². The lowest BCUT2D eigenvalue weighted by atomic mass is 10.2. The van der Waals surface area contributed by atoms with E-state index in [2.05, 4.69) is 5.32 Å². The predicted octanol–water partition coefficient (Wildman–Crippen LogP) is 1.69. The van der Waals surface area contributed by atoms with Crippen molar-refractivity contribution in [3.63, 3.8) is 0 Å². The quantitative estimate of drug-likeness (QED) is 0.904. The standard InChI is InChI=1S/C12H15F3N2O2S/c1-9-8-16-6-7-17(9)20(18,19)11-5-3-2-4-10(11)12(13,14)15/h2-5,9,16H,6-8H2,1H3/t9-/m1/s1. The third-order valence-electron chi connectivity index (χ3n) is 3.22. The average Bonchev–Trinajstić information content (AvgIpc) is 2.38. The maximum Gasteiger partial charge on any atom is 0.417 e. The zero-order valence-corrected chi connectivity index (χ0v) is 11.6. The van der Waals surface area contributed by atoms with Gasteiger partial charge in [-0.3, -0.25) is 0 Å². The minimum atomic E-state index is -4.69. The molecule has 1 aliphatic rings. The van der Waals surface area contributed by atoms with Gasteiger partial charge in [-0.15, -0.1) is 0 Å². The highest BCUT2D eigenvalue weighted by molar-refractivity contribution is 7.89. The van der Waals surface area contributed by atoms with E-state index in [4.69, 9.17) is 0 Å². The van der Waals surface area contributed by atoms with E-state index in [0.717, 1.165) is 16.4 Å². The summed E-state index contributed by atoms with van der Waals surface area (Å²) in [5, 5.41) is 3.00. The number of sulfonamides is 1. The number of nitrogens with zero attached hydrogens (tertiary/aromatic N) is 1. The van der Waals surface area contributed by atoms with Gasteiger partial charge < -0.3 is 5.32 Å². The highest BCUT2D eigenvalue weighted by atomic mass is 32.2. The van der Waals surface area contributed by atoms with Crippen LogP contribution in [0, 0.1) is 0 Å². The lowest BCUT2D eigenvalue weighted by Gasteiger charge is -2.33. The first-order chi connectivity index (χ1) is 9.24. The van der Waals surface area contributed by atoms with Crippen LogP contribution in [0.15, 0.2) is 29.2 Å². The normalized spacial score (nSPS) is 21.9. The highest BCUT2D eigenvalue weighted by Gasteiger charge is 2.40. The van der Waals surface area contributed by atoms with Gasteiger partial charge in [-0.25, -0.2) is 8.42 Å². The van der Waals surface area contributed by atoms with E-state index in [1.54, 1.807) is 6.92 Å². The molecule has 0 saturated carbocycles. The van der Waals surface area contributed by atoms with Crippen LogP contribution in [0.1, 0.15) is 12.5 Å². The molecule has 0 aliphatic carbocycles. The second kappa shape index (κ2) is 5.34. The van der Waals surface area contributed by atoms with Crippen molar-refractivity contribution in [3.8, 4) is 0 Å². The van der Waals surface area contributed by atoms with Crippen molar-refractivity contribution in [3.05, 3.63) is 29.8 Å². The Morgan fingerprint density at radius 3 is 2.55 bits per heavy atom. The van der Waals surface area contributed by atoms with Crippen LogP contribution in [0.25, 0.3) is 0 Å². The first-order valence-electron chi connectivity index (χ1n) is 6.13. The molecule has 0 amide bonds. The molecule has 1 heterocycles. The fraction of sp³-hybridized carbons (Fsp3) is 0.500. The smallest absolute Gasteiger partial charge is 0.314 e. The molecule has 1 N–H and O–H groups in total. The fourth-order valence-corrected chi connectivity index (χ4v) is 4.08. The van der Waals surface area contributed by atoms with Gasteiger partial charge in [0, 0.05) is 25.7 Å². The number of hydrogen-bond acceptors (Lipinski definition) is 3. The summed E-state index contributed by atoms with van der Waals surface area (Å²) in [6.45, 7) is 2.68. The van der Waals surface area contributed by atoms with Crippen LogP contribution >= 0.6 is 0 Å². The first kappa shape index (κ1) is 15.3. The van der Waals surface area contributed by atoms with Gasteiger partial charge in [-0.1, -0.05) is 12.1 Å². The molecular weight excluding hydrogens is 293 g/mol. The van der Waals surface area contributed by atoms with Crippen LogP contribution in [0.3, 0.4) is 0 Å². The van der Waals surface area contributed by atoms with Crippen LogP contribution in [0.2, 0.25) is 0 Å². The summed E-state index contributed by atoms with van der Waals surface area (Å²) >= 11 is 0. The van der Waals surface area contributed by atoms with E-state index in [9.17, 15) is 21.6 Å². The van der Waals surface area contributed by atoms with Crippen LogP contribution in [-0.4, -0.2) is 38.4 Å². The molecule has 0 spiro atoms. The number of halogens is 3. The Bertz CT molecular complexity index is 587. The topological polar surface area (TPSA) is 49.4 Å². The Kier molecular flexibility index (Phi) is 4.08. The highest BCUT2D eigenvalue weighted by Crippen LogP contribution is 2.35. The Morgan fingerprint density at radius 1 is 1.30 bits per heavy atom. The van der Waals surface area contributed by atoms with Gasteiger partial charge in [-0.2, -0.15) is 17.5 Å². The van der Waals surface area contributed by atoms with Crippen LogP contribution in [0.4, 0.5) is 13.2 Å². The molecule has 1 saturated heterocycles. The summed E-state index contributed by atoms with van der Waals surface area (Å²) in [7, 11) is -4.15. The molecule has 1 aromatic carbocycles. The van der Waals surface area contributed by atoms with E-state index in [1.165, 1.54) is 12.1 Å². The number of benzene rings is 1. The number of rotatable bonds is 2. The lowest BCUT2D eigenvalue weighted by Crippen LogP contribution is -2.52. The van der Waals surface area contributed by atoms with Gasteiger partial charge >= 0.3 is 6.18 Å². The van der Waals surface area contributed by atoms with Gasteiger partial charge in [-0.05, 0) is 19.1 Å². The van der Waals surface area contributed by atoms with Crippen molar-refractivity contribution in [2.24, 2.45) is 0 Å². The number of alkyl halides is 3. The van der Waals surface area contributed by atoms with Crippen LogP contribution < -0.4 is 5.32 Å². The molecule has 0 radical (unpaired) electrons. The van der Waals surface area contributed by atoms with E-state index >= 15 is 0 Å². The Morgan fingerprint density at radius 2 is 1.95 bits per heavy atom. The Hall–Kier alpha value is -1.12. The summed E-state index contributed by atoms with van der Waals surface area (Å²) in [6, 6.07) is 3.90. The lowest BCUT2D eigenvalue weighted by molar-refractivity contribution is -0.139. The molecule has 1 aromatic rings. The zero-order chi connectivity index (χ0) is 15.0. The fourth-order valence-electron chi connectivity index (χ4n) is 2.23. The molecular formula is C12H15F3N2O2S. The second-order valence-corrected chi connectivity index (χ2v) is 6.52. The van der Waals surface area contributed by atoms with Gasteiger partial charge in [0.05, 0.1) is 10.5 Å². The molecule has 112 valence electrons. The van der Waals surface area contributed by atoms with Crippen LogP contribution in [0.5, 0.6) is 0 Å². The molecule has 0 bridgehead atoms. The summed E-state index contributed by atoms with van der Waals surface area (Å²) in [5.74, 6) is 0. The van der Waals surface area contributed by atoms with Crippen molar-refractivity contribution in [2.75, 3.05) is 19.6 Å². The maximum atomic E-state index is 12.9. The average molecular weight is 308 g/mol. The van der Waals surface area contributed by atoms with E-state index < -0.39 is 26.7 Å². The minimum absolute atomic E-state index is 0.162. The molecule has 1 fully saturated rings.